The Morgan fingerprint density at radius 3 is 2.44 bits per heavy atom. The molecule has 1 atom stereocenters. The highest BCUT2D eigenvalue weighted by atomic mass is 35.5. The van der Waals surface area contributed by atoms with E-state index in [9.17, 15) is 14.3 Å². The zero-order chi connectivity index (χ0) is 20.0. The second kappa shape index (κ2) is 9.58. The molecule has 0 aliphatic rings. The monoisotopic (exact) mass is 395 g/mol. The van der Waals surface area contributed by atoms with Gasteiger partial charge in [0, 0.05) is 6.54 Å². The SMILES string of the molecule is COc1cc(CNC(C(=O)O)C(C)C)cc(Cl)c1OCc1ccc(F)cc1. The Morgan fingerprint density at radius 1 is 1.22 bits per heavy atom. The van der Waals surface area contributed by atoms with Crippen molar-refractivity contribution in [1.82, 2.24) is 5.32 Å². The molecule has 7 heteroatoms. The molecule has 0 aromatic heterocycles. The van der Waals surface area contributed by atoms with E-state index in [0.29, 0.717) is 23.1 Å². The van der Waals surface area contributed by atoms with Crippen molar-refractivity contribution in [1.29, 1.82) is 0 Å². The predicted molar refractivity (Wildman–Crippen MR) is 102 cm³/mol. The smallest absolute Gasteiger partial charge is 0.320 e. The lowest BCUT2D eigenvalue weighted by Crippen LogP contribution is -2.40. The van der Waals surface area contributed by atoms with Gasteiger partial charge < -0.3 is 19.9 Å². The van der Waals surface area contributed by atoms with Gasteiger partial charge in [-0.2, -0.15) is 0 Å². The maximum atomic E-state index is 13.0. The molecule has 5 nitrogen and oxygen atoms in total. The number of ether oxygens (including phenoxy) is 2. The third kappa shape index (κ3) is 5.84. The molecule has 2 aromatic rings. The average molecular weight is 396 g/mol. The fourth-order valence-electron chi connectivity index (χ4n) is 2.59. The van der Waals surface area contributed by atoms with Gasteiger partial charge in [0.1, 0.15) is 18.5 Å². The van der Waals surface area contributed by atoms with Crippen LogP contribution in [0, 0.1) is 11.7 Å². The fourth-order valence-corrected chi connectivity index (χ4v) is 2.88. The van der Waals surface area contributed by atoms with Gasteiger partial charge in [0.05, 0.1) is 12.1 Å². The van der Waals surface area contributed by atoms with Crippen molar-refractivity contribution in [2.24, 2.45) is 5.92 Å². The van der Waals surface area contributed by atoms with Gasteiger partial charge in [-0.3, -0.25) is 4.79 Å². The largest absolute Gasteiger partial charge is 0.493 e. The Morgan fingerprint density at radius 2 is 1.89 bits per heavy atom. The maximum Gasteiger partial charge on any atom is 0.320 e. The van der Waals surface area contributed by atoms with Gasteiger partial charge in [-0.1, -0.05) is 37.6 Å². The van der Waals surface area contributed by atoms with Crippen molar-refractivity contribution in [3.05, 3.63) is 58.4 Å². The average Bonchev–Trinajstić information content (AvgIpc) is 2.61. The van der Waals surface area contributed by atoms with Gasteiger partial charge in [-0.25, -0.2) is 4.39 Å². The van der Waals surface area contributed by atoms with Gasteiger partial charge in [-0.05, 0) is 41.3 Å². The van der Waals surface area contributed by atoms with Crippen molar-refractivity contribution in [3.63, 3.8) is 0 Å². The first-order valence-corrected chi connectivity index (χ1v) is 8.89. The molecule has 0 spiro atoms. The molecule has 2 rings (SSSR count). The summed E-state index contributed by atoms with van der Waals surface area (Å²) in [6.45, 7) is 4.21. The topological polar surface area (TPSA) is 67.8 Å². The summed E-state index contributed by atoms with van der Waals surface area (Å²) in [5.41, 5.74) is 1.57. The lowest BCUT2D eigenvalue weighted by Gasteiger charge is -2.19. The predicted octanol–water partition coefficient (Wildman–Crippen LogP) is 4.27. The number of rotatable bonds is 9. The molecular formula is C20H23ClFNO4. The number of carboxylic acid groups (broad SMARTS) is 1. The van der Waals surface area contributed by atoms with Crippen LogP contribution in [-0.4, -0.2) is 24.2 Å². The molecule has 0 aliphatic heterocycles. The van der Waals surface area contributed by atoms with Crippen LogP contribution in [0.3, 0.4) is 0 Å². The van der Waals surface area contributed by atoms with Crippen molar-refractivity contribution < 1.29 is 23.8 Å². The number of carboxylic acids is 1. The van der Waals surface area contributed by atoms with E-state index in [2.05, 4.69) is 5.32 Å². The van der Waals surface area contributed by atoms with Crippen LogP contribution in [-0.2, 0) is 17.9 Å². The van der Waals surface area contributed by atoms with Crippen LogP contribution in [0.5, 0.6) is 11.5 Å². The molecule has 0 saturated carbocycles. The fraction of sp³-hybridized carbons (Fsp3) is 0.350. The Hall–Kier alpha value is -2.31. The second-order valence-electron chi connectivity index (χ2n) is 6.46. The minimum absolute atomic E-state index is 0.0572. The standard InChI is InChI=1S/C20H23ClFNO4/c1-12(2)18(20(24)25)23-10-14-8-16(21)19(17(9-14)26-3)27-11-13-4-6-15(22)7-5-13/h4-9,12,18,23H,10-11H2,1-3H3,(H,24,25). The number of benzene rings is 2. The third-order valence-corrected chi connectivity index (χ3v) is 4.33. The van der Waals surface area contributed by atoms with Crippen molar-refractivity contribution in [3.8, 4) is 11.5 Å². The van der Waals surface area contributed by atoms with E-state index in [1.54, 1.807) is 24.3 Å². The van der Waals surface area contributed by atoms with Crippen LogP contribution in [0.1, 0.15) is 25.0 Å². The number of halogens is 2. The van der Waals surface area contributed by atoms with Gasteiger partial charge in [-0.15, -0.1) is 0 Å². The van der Waals surface area contributed by atoms with Gasteiger partial charge in [0.25, 0.3) is 0 Å². The van der Waals surface area contributed by atoms with Crippen LogP contribution in [0.25, 0.3) is 0 Å². The maximum absolute atomic E-state index is 13.0. The molecule has 0 radical (unpaired) electrons. The lowest BCUT2D eigenvalue weighted by molar-refractivity contribution is -0.140. The van der Waals surface area contributed by atoms with Crippen molar-refractivity contribution >= 4 is 17.6 Å². The summed E-state index contributed by atoms with van der Waals surface area (Å²) in [5.74, 6) is -0.448. The van der Waals surface area contributed by atoms with E-state index in [-0.39, 0.29) is 18.3 Å². The molecule has 0 amide bonds. The first kappa shape index (κ1) is 21.0. The highest BCUT2D eigenvalue weighted by Gasteiger charge is 2.21. The Labute approximate surface area is 163 Å². The van der Waals surface area contributed by atoms with E-state index in [1.807, 2.05) is 13.8 Å². The minimum Gasteiger partial charge on any atom is -0.493 e. The number of carbonyl (C=O) groups is 1. The molecule has 0 aliphatic carbocycles. The number of aliphatic carboxylic acids is 1. The first-order chi connectivity index (χ1) is 12.8. The van der Waals surface area contributed by atoms with Gasteiger partial charge in [0.2, 0.25) is 0 Å². The molecule has 1 unspecified atom stereocenters. The molecule has 0 heterocycles. The molecule has 27 heavy (non-hydrogen) atoms. The highest BCUT2D eigenvalue weighted by Crippen LogP contribution is 2.37. The summed E-state index contributed by atoms with van der Waals surface area (Å²) in [6.07, 6.45) is 0. The van der Waals surface area contributed by atoms with E-state index in [4.69, 9.17) is 21.1 Å². The first-order valence-electron chi connectivity index (χ1n) is 8.51. The summed E-state index contributed by atoms with van der Waals surface area (Å²) in [5, 5.41) is 12.6. The molecule has 146 valence electrons. The van der Waals surface area contributed by atoms with Crippen LogP contribution in [0.2, 0.25) is 5.02 Å². The highest BCUT2D eigenvalue weighted by molar-refractivity contribution is 6.32. The summed E-state index contributed by atoms with van der Waals surface area (Å²) < 4.78 is 24.1. The van der Waals surface area contributed by atoms with Gasteiger partial charge in [0.15, 0.2) is 11.5 Å². The second-order valence-corrected chi connectivity index (χ2v) is 6.87. The molecular weight excluding hydrogens is 373 g/mol. The number of hydrogen-bond donors (Lipinski definition) is 2. The quantitative estimate of drug-likeness (QED) is 0.663. The van der Waals surface area contributed by atoms with Crippen LogP contribution < -0.4 is 14.8 Å². The summed E-state index contributed by atoms with van der Waals surface area (Å²) in [7, 11) is 1.50. The van der Waals surface area contributed by atoms with Crippen LogP contribution in [0.4, 0.5) is 4.39 Å². The molecule has 0 saturated heterocycles. The van der Waals surface area contributed by atoms with Crippen molar-refractivity contribution in [2.75, 3.05) is 7.11 Å². The lowest BCUT2D eigenvalue weighted by atomic mass is 10.0. The van der Waals surface area contributed by atoms with E-state index in [0.717, 1.165) is 11.1 Å². The molecule has 2 N–H and O–H groups in total. The number of hydrogen-bond acceptors (Lipinski definition) is 4. The van der Waals surface area contributed by atoms with Crippen LogP contribution in [0.15, 0.2) is 36.4 Å². The molecule has 0 fully saturated rings. The summed E-state index contributed by atoms with van der Waals surface area (Å²) in [6, 6.07) is 8.77. The summed E-state index contributed by atoms with van der Waals surface area (Å²) >= 11 is 6.34. The Balaban J connectivity index is 2.11. The van der Waals surface area contributed by atoms with E-state index in [1.165, 1.54) is 19.2 Å². The number of nitrogens with one attached hydrogen (secondary N) is 1. The molecule has 0 bridgehead atoms. The normalized spacial score (nSPS) is 12.1. The van der Waals surface area contributed by atoms with Crippen molar-refractivity contribution in [2.45, 2.75) is 33.0 Å². The Bertz CT molecular complexity index is 780. The zero-order valence-corrected chi connectivity index (χ0v) is 16.2. The Kier molecular flexibility index (Phi) is 7.45. The number of methoxy groups -OCH3 is 1. The minimum atomic E-state index is -0.901. The van der Waals surface area contributed by atoms with E-state index >= 15 is 0 Å². The summed E-state index contributed by atoms with van der Waals surface area (Å²) in [4.78, 5) is 11.3. The zero-order valence-electron chi connectivity index (χ0n) is 15.5. The third-order valence-electron chi connectivity index (χ3n) is 4.04. The van der Waals surface area contributed by atoms with Crippen LogP contribution >= 0.6 is 11.6 Å². The van der Waals surface area contributed by atoms with Gasteiger partial charge >= 0.3 is 5.97 Å². The van der Waals surface area contributed by atoms with E-state index < -0.39 is 12.0 Å². The molecule has 2 aromatic carbocycles.